The minimum Gasteiger partial charge on any atom is -0.369 e. The average molecular weight is 464 g/mol. The summed E-state index contributed by atoms with van der Waals surface area (Å²) in [7, 11) is -5.22. The summed E-state index contributed by atoms with van der Waals surface area (Å²) in [6.07, 6.45) is 2.53. The molecular weight excluding hydrogens is 434 g/mol. The van der Waals surface area contributed by atoms with Crippen molar-refractivity contribution in [2.75, 3.05) is 43.9 Å². The molecule has 2 N–H and O–H groups in total. The SMILES string of the molecule is CS(=O)Cc1ccc(C(=O)CCCN2CCN(c3ccccc3)CC2)cc1S(N)(=O)=O. The normalized spacial score (nSPS) is 16.3. The summed E-state index contributed by atoms with van der Waals surface area (Å²) < 4.78 is 35.3. The fourth-order valence-electron chi connectivity index (χ4n) is 3.81. The summed E-state index contributed by atoms with van der Waals surface area (Å²) in [5.74, 6) is -0.0353. The Morgan fingerprint density at radius 1 is 1.06 bits per heavy atom. The van der Waals surface area contributed by atoms with Crippen molar-refractivity contribution in [3.05, 3.63) is 59.7 Å². The van der Waals surface area contributed by atoms with Gasteiger partial charge in [-0.3, -0.25) is 13.9 Å². The van der Waals surface area contributed by atoms with Crippen LogP contribution in [0.3, 0.4) is 0 Å². The lowest BCUT2D eigenvalue weighted by Crippen LogP contribution is -2.46. The van der Waals surface area contributed by atoms with Crippen molar-refractivity contribution in [2.24, 2.45) is 5.14 Å². The van der Waals surface area contributed by atoms with Crippen molar-refractivity contribution in [1.29, 1.82) is 0 Å². The number of ketones is 1. The van der Waals surface area contributed by atoms with E-state index >= 15 is 0 Å². The van der Waals surface area contributed by atoms with Gasteiger partial charge < -0.3 is 4.90 Å². The predicted molar refractivity (Wildman–Crippen MR) is 124 cm³/mol. The van der Waals surface area contributed by atoms with Gasteiger partial charge in [0, 0.05) is 66.7 Å². The van der Waals surface area contributed by atoms with Crippen molar-refractivity contribution in [2.45, 2.75) is 23.5 Å². The van der Waals surface area contributed by atoms with Gasteiger partial charge in [0.05, 0.1) is 4.90 Å². The number of hydrogen-bond acceptors (Lipinski definition) is 6. The number of rotatable bonds is 9. The second kappa shape index (κ2) is 10.5. The number of carbonyl (C=O) groups excluding carboxylic acids is 1. The summed E-state index contributed by atoms with van der Waals surface area (Å²) in [5, 5.41) is 5.30. The third kappa shape index (κ3) is 6.70. The highest BCUT2D eigenvalue weighted by atomic mass is 32.2. The number of benzene rings is 2. The summed E-state index contributed by atoms with van der Waals surface area (Å²) in [4.78, 5) is 17.2. The standard InChI is InChI=1S/C22H29N3O4S2/c1-30(27)17-19-10-9-18(16-22(19)31(23,28)29)21(26)8-5-11-24-12-14-25(15-13-24)20-6-3-2-4-7-20/h2-4,6-7,9-10,16H,5,8,11-15,17H2,1H3,(H2,23,28,29). The summed E-state index contributed by atoms with van der Waals surface area (Å²) in [5.41, 5.74) is 1.93. The second-order valence-electron chi connectivity index (χ2n) is 7.78. The Morgan fingerprint density at radius 2 is 1.74 bits per heavy atom. The molecular formula is C22H29N3O4S2. The molecule has 0 aromatic heterocycles. The molecule has 2 aromatic rings. The first-order valence-electron chi connectivity index (χ1n) is 10.3. The highest BCUT2D eigenvalue weighted by Crippen LogP contribution is 2.20. The highest BCUT2D eigenvalue weighted by Gasteiger charge is 2.19. The summed E-state index contributed by atoms with van der Waals surface area (Å²) >= 11 is 0. The van der Waals surface area contributed by atoms with E-state index in [9.17, 15) is 17.4 Å². The van der Waals surface area contributed by atoms with Crippen LogP contribution < -0.4 is 10.0 Å². The Bertz CT molecular complexity index is 1030. The first kappa shape index (κ1) is 23.6. The second-order valence-corrected chi connectivity index (χ2v) is 10.7. The molecule has 9 heteroatoms. The first-order valence-corrected chi connectivity index (χ1v) is 13.5. The molecule has 1 unspecified atom stereocenters. The van der Waals surface area contributed by atoms with E-state index in [1.807, 2.05) is 18.2 Å². The van der Waals surface area contributed by atoms with Crippen LogP contribution >= 0.6 is 0 Å². The molecule has 0 spiro atoms. The molecule has 7 nitrogen and oxygen atoms in total. The molecule has 1 aliphatic heterocycles. The van der Waals surface area contributed by atoms with Gasteiger partial charge in [-0.05, 0) is 36.7 Å². The van der Waals surface area contributed by atoms with Crippen LogP contribution in [0.4, 0.5) is 5.69 Å². The van der Waals surface area contributed by atoms with Crippen LogP contribution in [-0.2, 0) is 26.6 Å². The number of nitrogens with two attached hydrogens (primary N) is 1. The van der Waals surface area contributed by atoms with Gasteiger partial charge in [0.1, 0.15) is 0 Å². The van der Waals surface area contributed by atoms with E-state index in [2.05, 4.69) is 21.9 Å². The van der Waals surface area contributed by atoms with E-state index in [1.165, 1.54) is 24.1 Å². The van der Waals surface area contributed by atoms with Gasteiger partial charge >= 0.3 is 0 Å². The molecule has 0 saturated carbocycles. The van der Waals surface area contributed by atoms with Crippen molar-refractivity contribution in [3.8, 4) is 0 Å². The van der Waals surface area contributed by atoms with Gasteiger partial charge in [-0.1, -0.05) is 30.3 Å². The molecule has 2 aromatic carbocycles. The van der Waals surface area contributed by atoms with E-state index in [0.29, 0.717) is 24.0 Å². The van der Waals surface area contributed by atoms with Gasteiger partial charge in [0.15, 0.2) is 5.78 Å². The van der Waals surface area contributed by atoms with Gasteiger partial charge in [-0.2, -0.15) is 0 Å². The number of nitrogens with zero attached hydrogens (tertiary/aromatic N) is 2. The number of sulfonamides is 1. The largest absolute Gasteiger partial charge is 0.369 e. The topological polar surface area (TPSA) is 101 Å². The average Bonchev–Trinajstić information content (AvgIpc) is 2.74. The van der Waals surface area contributed by atoms with Crippen molar-refractivity contribution < 1.29 is 17.4 Å². The number of primary sulfonamides is 1. The van der Waals surface area contributed by atoms with Crippen LogP contribution in [0, 0.1) is 0 Å². The van der Waals surface area contributed by atoms with Crippen molar-refractivity contribution in [1.82, 2.24) is 4.90 Å². The van der Waals surface area contributed by atoms with Crippen molar-refractivity contribution in [3.63, 3.8) is 0 Å². The molecule has 1 atom stereocenters. The fraction of sp³-hybridized carbons (Fsp3) is 0.409. The molecule has 0 radical (unpaired) electrons. The van der Waals surface area contributed by atoms with Crippen LogP contribution in [0.25, 0.3) is 0 Å². The van der Waals surface area contributed by atoms with Gasteiger partial charge in [-0.15, -0.1) is 0 Å². The van der Waals surface area contributed by atoms with E-state index in [1.54, 1.807) is 6.07 Å². The quantitative estimate of drug-likeness (QED) is 0.571. The van der Waals surface area contributed by atoms with Gasteiger partial charge in [0.25, 0.3) is 0 Å². The Balaban J connectivity index is 1.52. The lowest BCUT2D eigenvalue weighted by atomic mass is 10.0. The summed E-state index contributed by atoms with van der Waals surface area (Å²) in [6, 6.07) is 14.8. The molecule has 1 fully saturated rings. The molecule has 0 amide bonds. The summed E-state index contributed by atoms with van der Waals surface area (Å²) in [6.45, 7) is 4.62. The zero-order valence-corrected chi connectivity index (χ0v) is 19.3. The van der Waals surface area contributed by atoms with Crippen LogP contribution in [0.2, 0.25) is 0 Å². The maximum Gasteiger partial charge on any atom is 0.238 e. The fourth-order valence-corrected chi connectivity index (χ4v) is 5.39. The first-order chi connectivity index (χ1) is 14.7. The van der Waals surface area contributed by atoms with Crippen LogP contribution in [0.5, 0.6) is 0 Å². The molecule has 0 aliphatic carbocycles. The van der Waals surface area contributed by atoms with Gasteiger partial charge in [0.2, 0.25) is 10.0 Å². The zero-order chi connectivity index (χ0) is 22.4. The van der Waals surface area contributed by atoms with E-state index in [0.717, 1.165) is 32.7 Å². The molecule has 1 saturated heterocycles. The van der Waals surface area contributed by atoms with E-state index in [4.69, 9.17) is 5.14 Å². The van der Waals surface area contributed by atoms with E-state index in [-0.39, 0.29) is 16.4 Å². The molecule has 168 valence electrons. The lowest BCUT2D eigenvalue weighted by Gasteiger charge is -2.36. The number of anilines is 1. The Hall–Kier alpha value is -2.07. The monoisotopic (exact) mass is 463 g/mol. The Labute approximate surface area is 186 Å². The smallest absolute Gasteiger partial charge is 0.238 e. The minimum absolute atomic E-state index is 0.0786. The third-order valence-corrected chi connectivity index (χ3v) is 7.14. The number of piperazine rings is 1. The molecule has 3 rings (SSSR count). The number of Topliss-reactive ketones (excluding diaryl/α,β-unsaturated/α-hetero) is 1. The number of carbonyl (C=O) groups is 1. The maximum absolute atomic E-state index is 12.6. The van der Waals surface area contributed by atoms with Crippen LogP contribution in [0.1, 0.15) is 28.8 Å². The molecule has 1 heterocycles. The number of para-hydroxylation sites is 1. The van der Waals surface area contributed by atoms with Crippen LogP contribution in [-0.4, -0.2) is 62.3 Å². The Morgan fingerprint density at radius 3 is 2.35 bits per heavy atom. The highest BCUT2D eigenvalue weighted by molar-refractivity contribution is 7.89. The van der Waals surface area contributed by atoms with E-state index < -0.39 is 20.8 Å². The predicted octanol–water partition coefficient (Wildman–Crippen LogP) is 2.00. The molecule has 31 heavy (non-hydrogen) atoms. The Kier molecular flexibility index (Phi) is 7.99. The lowest BCUT2D eigenvalue weighted by molar-refractivity contribution is 0.0974. The number of hydrogen-bond donors (Lipinski definition) is 1. The zero-order valence-electron chi connectivity index (χ0n) is 17.7. The van der Waals surface area contributed by atoms with Gasteiger partial charge in [-0.25, -0.2) is 13.6 Å². The van der Waals surface area contributed by atoms with Crippen LogP contribution in [0.15, 0.2) is 53.4 Å². The minimum atomic E-state index is -4.00. The third-order valence-electron chi connectivity index (χ3n) is 5.43. The molecule has 0 bridgehead atoms. The van der Waals surface area contributed by atoms with Crippen molar-refractivity contribution >= 4 is 32.3 Å². The maximum atomic E-state index is 12.6. The molecule has 1 aliphatic rings.